The van der Waals surface area contributed by atoms with Crippen LogP contribution < -0.4 is 16.0 Å². The van der Waals surface area contributed by atoms with Gasteiger partial charge in [-0.1, -0.05) is 18.2 Å². The number of rotatable bonds is 6. The molecule has 0 saturated heterocycles. The molecule has 4 nitrogen and oxygen atoms in total. The van der Waals surface area contributed by atoms with E-state index in [2.05, 4.69) is 51.4 Å². The molecule has 2 rings (SSSR count). The zero-order chi connectivity index (χ0) is 12.1. The fraction of sp³-hybridized carbons (Fsp3) is 0.385. The molecule has 4 N–H and O–H groups in total. The Bertz CT molecular complexity index is 459. The van der Waals surface area contributed by atoms with Gasteiger partial charge in [0.2, 0.25) is 0 Å². The quantitative estimate of drug-likeness (QED) is 0.563. The molecule has 0 fully saturated rings. The van der Waals surface area contributed by atoms with E-state index in [0.29, 0.717) is 0 Å². The molecule has 0 saturated carbocycles. The minimum absolute atomic E-state index is 0.167. The molecule has 0 aliphatic rings. The molecular weight excluding hydrogens is 212 g/mol. The minimum atomic E-state index is 0.167. The van der Waals surface area contributed by atoms with Crippen LogP contribution >= 0.6 is 0 Å². The molecule has 0 atom stereocenters. The highest BCUT2D eigenvalue weighted by Crippen LogP contribution is 2.17. The standard InChI is InChI=1S/C13H20N4/c1-14-13(15-2)16-8-7-10-9-17-12-6-4-3-5-11(10)12/h3-6,9,13-17H,7-8H2,1-2H3. The van der Waals surface area contributed by atoms with Crippen LogP contribution in [0.4, 0.5) is 0 Å². The monoisotopic (exact) mass is 232 g/mol. The number of nitrogens with one attached hydrogen (secondary N) is 4. The smallest absolute Gasteiger partial charge is 0.111 e. The van der Waals surface area contributed by atoms with E-state index in [1.165, 1.54) is 16.5 Å². The van der Waals surface area contributed by atoms with Crippen LogP contribution in [-0.2, 0) is 6.42 Å². The Morgan fingerprint density at radius 1 is 1.18 bits per heavy atom. The maximum absolute atomic E-state index is 3.39. The summed E-state index contributed by atoms with van der Waals surface area (Å²) < 4.78 is 0. The number of aromatic nitrogens is 1. The van der Waals surface area contributed by atoms with E-state index in [1.54, 1.807) is 0 Å². The molecule has 0 bridgehead atoms. The number of hydrogen-bond donors (Lipinski definition) is 4. The van der Waals surface area contributed by atoms with Crippen molar-refractivity contribution in [3.63, 3.8) is 0 Å². The first-order chi connectivity index (χ1) is 8.35. The second kappa shape index (κ2) is 5.82. The van der Waals surface area contributed by atoms with E-state index in [9.17, 15) is 0 Å². The molecule has 0 radical (unpaired) electrons. The highest BCUT2D eigenvalue weighted by atomic mass is 15.3. The number of fused-ring (bicyclic) bond motifs is 1. The molecule has 1 heterocycles. The molecule has 2 aromatic rings. The SMILES string of the molecule is CNC(NC)NCCc1c[nH]c2ccccc12. The van der Waals surface area contributed by atoms with Crippen molar-refractivity contribution in [3.05, 3.63) is 36.0 Å². The van der Waals surface area contributed by atoms with Crippen molar-refractivity contribution >= 4 is 10.9 Å². The maximum Gasteiger partial charge on any atom is 0.111 e. The van der Waals surface area contributed by atoms with Crippen molar-refractivity contribution in [1.29, 1.82) is 0 Å². The summed E-state index contributed by atoms with van der Waals surface area (Å²) in [6.07, 6.45) is 3.28. The molecule has 0 aliphatic carbocycles. The number of H-pyrrole nitrogens is 1. The summed E-state index contributed by atoms with van der Waals surface area (Å²) >= 11 is 0. The lowest BCUT2D eigenvalue weighted by molar-refractivity contribution is 0.407. The number of benzene rings is 1. The van der Waals surface area contributed by atoms with Crippen LogP contribution in [0.3, 0.4) is 0 Å². The molecular formula is C13H20N4. The molecule has 0 aliphatic heterocycles. The predicted molar refractivity (Wildman–Crippen MR) is 71.9 cm³/mol. The van der Waals surface area contributed by atoms with Crippen LogP contribution in [0.1, 0.15) is 5.56 Å². The van der Waals surface area contributed by atoms with E-state index in [4.69, 9.17) is 0 Å². The number of aromatic amines is 1. The predicted octanol–water partition coefficient (Wildman–Crippen LogP) is 1.02. The summed E-state index contributed by atoms with van der Waals surface area (Å²) in [6, 6.07) is 8.40. The van der Waals surface area contributed by atoms with Gasteiger partial charge in [-0.25, -0.2) is 0 Å². The summed E-state index contributed by atoms with van der Waals surface area (Å²) in [6.45, 7) is 0.939. The lowest BCUT2D eigenvalue weighted by Gasteiger charge is -2.16. The molecule has 1 aromatic carbocycles. The number of para-hydroxylation sites is 1. The third-order valence-corrected chi connectivity index (χ3v) is 3.00. The van der Waals surface area contributed by atoms with Gasteiger partial charge in [0.1, 0.15) is 6.29 Å². The topological polar surface area (TPSA) is 51.9 Å². The van der Waals surface area contributed by atoms with E-state index < -0.39 is 0 Å². The molecule has 0 unspecified atom stereocenters. The summed E-state index contributed by atoms with van der Waals surface area (Å²) in [5.74, 6) is 0. The second-order valence-corrected chi connectivity index (χ2v) is 4.07. The van der Waals surface area contributed by atoms with Gasteiger partial charge in [0, 0.05) is 23.6 Å². The van der Waals surface area contributed by atoms with Crippen molar-refractivity contribution in [2.45, 2.75) is 12.7 Å². The normalized spacial score (nSPS) is 11.5. The van der Waals surface area contributed by atoms with Gasteiger partial charge in [0.15, 0.2) is 0 Å². The van der Waals surface area contributed by atoms with Crippen molar-refractivity contribution in [2.24, 2.45) is 0 Å². The Morgan fingerprint density at radius 3 is 2.71 bits per heavy atom. The zero-order valence-corrected chi connectivity index (χ0v) is 10.4. The molecule has 17 heavy (non-hydrogen) atoms. The van der Waals surface area contributed by atoms with Crippen LogP contribution in [0.2, 0.25) is 0 Å². The van der Waals surface area contributed by atoms with Gasteiger partial charge in [-0.3, -0.25) is 16.0 Å². The lowest BCUT2D eigenvalue weighted by Crippen LogP contribution is -2.50. The average molecular weight is 232 g/mol. The summed E-state index contributed by atoms with van der Waals surface area (Å²) in [7, 11) is 3.86. The van der Waals surface area contributed by atoms with Crippen molar-refractivity contribution in [2.75, 3.05) is 20.6 Å². The first-order valence-electron chi connectivity index (χ1n) is 5.98. The third-order valence-electron chi connectivity index (χ3n) is 3.00. The third kappa shape index (κ3) is 2.85. The highest BCUT2D eigenvalue weighted by Gasteiger charge is 2.04. The van der Waals surface area contributed by atoms with Gasteiger partial charge in [0.25, 0.3) is 0 Å². The Hall–Kier alpha value is -1.36. The highest BCUT2D eigenvalue weighted by molar-refractivity contribution is 5.83. The van der Waals surface area contributed by atoms with E-state index >= 15 is 0 Å². The second-order valence-electron chi connectivity index (χ2n) is 4.07. The summed E-state index contributed by atoms with van der Waals surface area (Å²) in [5, 5.41) is 11.0. The van der Waals surface area contributed by atoms with Gasteiger partial charge in [0.05, 0.1) is 0 Å². The fourth-order valence-corrected chi connectivity index (χ4v) is 2.04. The first kappa shape index (κ1) is 12.1. The molecule has 0 amide bonds. The Morgan fingerprint density at radius 2 is 1.94 bits per heavy atom. The summed E-state index contributed by atoms with van der Waals surface area (Å²) in [4.78, 5) is 3.30. The van der Waals surface area contributed by atoms with Gasteiger partial charge < -0.3 is 4.98 Å². The van der Waals surface area contributed by atoms with Crippen LogP contribution in [-0.4, -0.2) is 31.9 Å². The minimum Gasteiger partial charge on any atom is -0.361 e. The molecule has 92 valence electrons. The number of hydrogen-bond acceptors (Lipinski definition) is 3. The van der Waals surface area contributed by atoms with E-state index in [-0.39, 0.29) is 6.29 Å². The van der Waals surface area contributed by atoms with Gasteiger partial charge >= 0.3 is 0 Å². The Balaban J connectivity index is 1.95. The van der Waals surface area contributed by atoms with Crippen LogP contribution in [0.5, 0.6) is 0 Å². The van der Waals surface area contributed by atoms with E-state index in [1.807, 2.05) is 14.1 Å². The first-order valence-corrected chi connectivity index (χ1v) is 5.98. The van der Waals surface area contributed by atoms with Gasteiger partial charge in [-0.15, -0.1) is 0 Å². The van der Waals surface area contributed by atoms with Crippen LogP contribution in [0.25, 0.3) is 10.9 Å². The van der Waals surface area contributed by atoms with Gasteiger partial charge in [-0.2, -0.15) is 0 Å². The Labute approximate surface area is 102 Å². The van der Waals surface area contributed by atoms with Crippen molar-refractivity contribution < 1.29 is 0 Å². The maximum atomic E-state index is 3.39. The van der Waals surface area contributed by atoms with Gasteiger partial charge in [-0.05, 0) is 32.1 Å². The van der Waals surface area contributed by atoms with Crippen LogP contribution in [0, 0.1) is 0 Å². The van der Waals surface area contributed by atoms with Crippen LogP contribution in [0.15, 0.2) is 30.5 Å². The van der Waals surface area contributed by atoms with E-state index in [0.717, 1.165) is 13.0 Å². The zero-order valence-electron chi connectivity index (χ0n) is 10.4. The van der Waals surface area contributed by atoms with Crippen molar-refractivity contribution in [3.8, 4) is 0 Å². The summed E-state index contributed by atoms with van der Waals surface area (Å²) in [5.41, 5.74) is 2.57. The molecule has 0 spiro atoms. The molecule has 4 heteroatoms. The fourth-order valence-electron chi connectivity index (χ4n) is 2.04. The largest absolute Gasteiger partial charge is 0.361 e. The lowest BCUT2D eigenvalue weighted by atomic mass is 10.1. The average Bonchev–Trinajstić information content (AvgIpc) is 2.78. The van der Waals surface area contributed by atoms with Crippen molar-refractivity contribution in [1.82, 2.24) is 20.9 Å². The molecule has 1 aromatic heterocycles. The Kier molecular flexibility index (Phi) is 4.14.